The molecule has 0 aromatic heterocycles. The SMILES string of the molecule is CCNC1N[C@@H]2[C@@H](O)[C@H](O)[C@@H](C(F)F)O[C@@H]2S1. The fourth-order valence-electron chi connectivity index (χ4n) is 2.03. The van der Waals surface area contributed by atoms with Crippen LogP contribution in [0.4, 0.5) is 8.78 Å². The van der Waals surface area contributed by atoms with Crippen LogP contribution in [0.15, 0.2) is 0 Å². The van der Waals surface area contributed by atoms with E-state index in [1.165, 1.54) is 11.8 Å². The summed E-state index contributed by atoms with van der Waals surface area (Å²) in [5, 5.41) is 25.4. The molecule has 0 saturated carbocycles. The molecule has 6 atom stereocenters. The number of hydrogen-bond acceptors (Lipinski definition) is 6. The molecule has 0 radical (unpaired) electrons. The lowest BCUT2D eigenvalue weighted by Gasteiger charge is -2.38. The number of nitrogens with one attached hydrogen (secondary N) is 2. The van der Waals surface area contributed by atoms with Gasteiger partial charge >= 0.3 is 0 Å². The van der Waals surface area contributed by atoms with Gasteiger partial charge in [-0.05, 0) is 6.54 Å². The van der Waals surface area contributed by atoms with Crippen molar-refractivity contribution in [2.45, 2.75) is 48.6 Å². The molecule has 0 aromatic carbocycles. The van der Waals surface area contributed by atoms with E-state index in [2.05, 4.69) is 10.6 Å². The van der Waals surface area contributed by atoms with Crippen molar-refractivity contribution < 1.29 is 23.7 Å². The van der Waals surface area contributed by atoms with Gasteiger partial charge in [-0.3, -0.25) is 10.6 Å². The van der Waals surface area contributed by atoms with Crippen molar-refractivity contribution in [1.29, 1.82) is 0 Å². The van der Waals surface area contributed by atoms with E-state index in [0.29, 0.717) is 6.54 Å². The summed E-state index contributed by atoms with van der Waals surface area (Å²) in [5.41, 5.74) is -0.732. The van der Waals surface area contributed by atoms with Crippen LogP contribution in [0.1, 0.15) is 6.92 Å². The summed E-state index contributed by atoms with van der Waals surface area (Å²) < 4.78 is 30.3. The molecule has 2 aliphatic heterocycles. The minimum absolute atomic E-state index is 0.159. The van der Waals surface area contributed by atoms with Crippen LogP contribution in [0.5, 0.6) is 0 Å². The molecular formula is C9H16F2N2O3S. The number of alkyl halides is 2. The molecule has 1 unspecified atom stereocenters. The largest absolute Gasteiger partial charge is 0.389 e. The molecule has 0 bridgehead atoms. The molecule has 0 aromatic rings. The van der Waals surface area contributed by atoms with Crippen LogP contribution < -0.4 is 10.6 Å². The lowest BCUT2D eigenvalue weighted by atomic mass is 9.98. The first-order chi connectivity index (χ1) is 8.04. The number of aliphatic hydroxyl groups is 2. The van der Waals surface area contributed by atoms with Crippen molar-refractivity contribution in [3.63, 3.8) is 0 Å². The Kier molecular flexibility index (Phi) is 4.22. The van der Waals surface area contributed by atoms with E-state index >= 15 is 0 Å². The van der Waals surface area contributed by atoms with Gasteiger partial charge in [0, 0.05) is 0 Å². The third kappa shape index (κ3) is 2.56. The van der Waals surface area contributed by atoms with Gasteiger partial charge in [0.1, 0.15) is 29.2 Å². The van der Waals surface area contributed by atoms with Gasteiger partial charge in [0.15, 0.2) is 0 Å². The molecule has 2 aliphatic rings. The molecule has 0 aliphatic carbocycles. The minimum atomic E-state index is -2.81. The first-order valence-electron chi connectivity index (χ1n) is 5.49. The second-order valence-corrected chi connectivity index (χ2v) is 5.26. The number of aliphatic hydroxyl groups excluding tert-OH is 2. The molecule has 0 amide bonds. The van der Waals surface area contributed by atoms with E-state index in [1.807, 2.05) is 6.92 Å². The highest BCUT2D eigenvalue weighted by molar-refractivity contribution is 8.00. The van der Waals surface area contributed by atoms with E-state index in [1.54, 1.807) is 0 Å². The van der Waals surface area contributed by atoms with E-state index in [4.69, 9.17) is 4.74 Å². The van der Waals surface area contributed by atoms with Crippen LogP contribution in [0.3, 0.4) is 0 Å². The predicted molar refractivity (Wildman–Crippen MR) is 58.7 cm³/mol. The van der Waals surface area contributed by atoms with Crippen molar-refractivity contribution in [1.82, 2.24) is 10.6 Å². The summed E-state index contributed by atoms with van der Waals surface area (Å²) in [7, 11) is 0. The molecule has 0 spiro atoms. The average Bonchev–Trinajstić information content (AvgIpc) is 2.66. The fourth-order valence-corrected chi connectivity index (χ4v) is 3.40. The number of rotatable bonds is 3. The molecule has 5 nitrogen and oxygen atoms in total. The zero-order valence-corrected chi connectivity index (χ0v) is 10.0. The van der Waals surface area contributed by atoms with Crippen LogP contribution in [0.2, 0.25) is 0 Å². The minimum Gasteiger partial charge on any atom is -0.389 e. The first kappa shape index (κ1) is 13.4. The summed E-state index contributed by atoms with van der Waals surface area (Å²) in [6.07, 6.45) is -7.24. The normalized spacial score (nSPS) is 46.2. The molecule has 2 fully saturated rings. The molecule has 100 valence electrons. The lowest BCUT2D eigenvalue weighted by Crippen LogP contribution is -2.61. The Labute approximate surface area is 102 Å². The molecule has 17 heavy (non-hydrogen) atoms. The van der Waals surface area contributed by atoms with Gasteiger partial charge in [0.05, 0.1) is 6.04 Å². The number of ether oxygens (including phenoxy) is 1. The van der Waals surface area contributed by atoms with Crippen molar-refractivity contribution in [3.05, 3.63) is 0 Å². The highest BCUT2D eigenvalue weighted by Crippen LogP contribution is 2.36. The van der Waals surface area contributed by atoms with Crippen LogP contribution in [-0.4, -0.2) is 58.5 Å². The van der Waals surface area contributed by atoms with Gasteiger partial charge < -0.3 is 14.9 Å². The van der Waals surface area contributed by atoms with E-state index in [9.17, 15) is 19.0 Å². The van der Waals surface area contributed by atoms with Gasteiger partial charge in [-0.25, -0.2) is 8.78 Å². The van der Waals surface area contributed by atoms with Crippen molar-refractivity contribution >= 4 is 11.8 Å². The van der Waals surface area contributed by atoms with Crippen LogP contribution in [0.25, 0.3) is 0 Å². The Balaban J connectivity index is 2.04. The van der Waals surface area contributed by atoms with Crippen molar-refractivity contribution in [2.75, 3.05) is 6.54 Å². The number of halogens is 2. The number of thioether (sulfide) groups is 1. The van der Waals surface area contributed by atoms with Gasteiger partial charge in [-0.1, -0.05) is 18.7 Å². The van der Waals surface area contributed by atoms with E-state index < -0.39 is 36.2 Å². The van der Waals surface area contributed by atoms with Crippen LogP contribution in [0, 0.1) is 0 Å². The Morgan fingerprint density at radius 1 is 1.41 bits per heavy atom. The number of hydrogen-bond donors (Lipinski definition) is 4. The Morgan fingerprint density at radius 3 is 2.71 bits per heavy atom. The summed E-state index contributed by atoms with van der Waals surface area (Å²) >= 11 is 1.30. The summed E-state index contributed by atoms with van der Waals surface area (Å²) in [6, 6.07) is -0.533. The Bertz CT molecular complexity index is 275. The van der Waals surface area contributed by atoms with Gasteiger partial charge in [0.2, 0.25) is 0 Å². The van der Waals surface area contributed by atoms with Gasteiger partial charge in [-0.2, -0.15) is 0 Å². The topological polar surface area (TPSA) is 73.8 Å². The van der Waals surface area contributed by atoms with E-state index in [-0.39, 0.29) is 5.50 Å². The first-order valence-corrected chi connectivity index (χ1v) is 6.43. The average molecular weight is 270 g/mol. The molecule has 2 heterocycles. The maximum absolute atomic E-state index is 12.6. The smallest absolute Gasteiger partial charge is 0.267 e. The predicted octanol–water partition coefficient (Wildman–Crippen LogP) is -0.704. The van der Waals surface area contributed by atoms with Crippen LogP contribution >= 0.6 is 11.8 Å². The fraction of sp³-hybridized carbons (Fsp3) is 1.00. The zero-order chi connectivity index (χ0) is 12.6. The summed E-state index contributed by atoms with van der Waals surface area (Å²) in [4.78, 5) is 0. The lowest BCUT2D eigenvalue weighted by molar-refractivity contribution is -0.196. The quantitative estimate of drug-likeness (QED) is 0.543. The Hall–Kier alpha value is 0.01000. The van der Waals surface area contributed by atoms with E-state index in [0.717, 1.165) is 0 Å². The monoisotopic (exact) mass is 270 g/mol. The summed E-state index contributed by atoms with van der Waals surface area (Å²) in [6.45, 7) is 2.62. The maximum Gasteiger partial charge on any atom is 0.267 e. The Morgan fingerprint density at radius 2 is 2.12 bits per heavy atom. The van der Waals surface area contributed by atoms with Crippen molar-refractivity contribution in [3.8, 4) is 0 Å². The molecule has 4 N–H and O–H groups in total. The molecule has 2 rings (SSSR count). The van der Waals surface area contributed by atoms with Gasteiger partial charge in [0.25, 0.3) is 6.43 Å². The highest BCUT2D eigenvalue weighted by atomic mass is 32.2. The third-order valence-corrected chi connectivity index (χ3v) is 4.14. The standard InChI is InChI=1S/C9H16F2N2O3S/c1-2-12-9-13-3-4(14)5(15)6(7(10)11)16-8(3)17-9/h3-9,12-15H,2H2,1H3/t3-,4-,5+,6+,8-,9?/m1/s1. The van der Waals surface area contributed by atoms with Crippen molar-refractivity contribution in [2.24, 2.45) is 0 Å². The number of fused-ring (bicyclic) bond motifs is 1. The highest BCUT2D eigenvalue weighted by Gasteiger charge is 2.51. The summed E-state index contributed by atoms with van der Waals surface area (Å²) in [5.74, 6) is 0. The van der Waals surface area contributed by atoms with Crippen LogP contribution in [-0.2, 0) is 4.74 Å². The zero-order valence-electron chi connectivity index (χ0n) is 9.22. The molecular weight excluding hydrogens is 254 g/mol. The second kappa shape index (κ2) is 5.33. The molecule has 2 saturated heterocycles. The maximum atomic E-state index is 12.6. The molecule has 8 heteroatoms. The van der Waals surface area contributed by atoms with Gasteiger partial charge in [-0.15, -0.1) is 0 Å². The third-order valence-electron chi connectivity index (χ3n) is 2.89. The second-order valence-electron chi connectivity index (χ2n) is 4.05.